The Morgan fingerprint density at radius 1 is 0.971 bits per heavy atom. The Balaban J connectivity index is 1.57. The van der Waals surface area contributed by atoms with E-state index in [0.29, 0.717) is 21.4 Å². The number of hydrogen-bond acceptors (Lipinski definition) is 5. The molecule has 1 heterocycles. The maximum absolute atomic E-state index is 13.6. The molecular formula is C25H21Cl2N3O4S. The fourth-order valence-electron chi connectivity index (χ4n) is 3.83. The second-order valence-corrected chi connectivity index (χ2v) is 10.8. The molecule has 1 saturated heterocycles. The Hall–Kier alpha value is -3.09. The number of nitriles is 1. The maximum atomic E-state index is 13.6. The lowest BCUT2D eigenvalue weighted by Gasteiger charge is -2.34. The summed E-state index contributed by atoms with van der Waals surface area (Å²) in [7, 11) is -4.02. The van der Waals surface area contributed by atoms with Crippen LogP contribution in [0.15, 0.2) is 65.6 Å². The van der Waals surface area contributed by atoms with Crippen molar-refractivity contribution in [2.45, 2.75) is 11.8 Å². The highest BCUT2D eigenvalue weighted by molar-refractivity contribution is 7.89. The van der Waals surface area contributed by atoms with Crippen LogP contribution in [-0.4, -0.2) is 49.7 Å². The summed E-state index contributed by atoms with van der Waals surface area (Å²) in [5, 5.41) is 10.3. The highest BCUT2D eigenvalue weighted by atomic mass is 35.5. The van der Waals surface area contributed by atoms with Gasteiger partial charge in [-0.2, -0.15) is 9.57 Å². The van der Waals surface area contributed by atoms with Crippen molar-refractivity contribution in [3.8, 4) is 17.6 Å². The zero-order chi connectivity index (χ0) is 25.2. The molecule has 3 aromatic carbocycles. The molecule has 180 valence electrons. The van der Waals surface area contributed by atoms with Crippen molar-refractivity contribution in [1.29, 1.82) is 5.26 Å². The highest BCUT2D eigenvalue weighted by Gasteiger charge is 2.33. The fourth-order valence-corrected chi connectivity index (χ4v) is 5.86. The van der Waals surface area contributed by atoms with E-state index in [0.717, 1.165) is 5.56 Å². The normalized spacial score (nSPS) is 14.4. The molecule has 35 heavy (non-hydrogen) atoms. The molecule has 0 aromatic heterocycles. The van der Waals surface area contributed by atoms with Crippen LogP contribution in [-0.2, 0) is 10.0 Å². The quantitative estimate of drug-likeness (QED) is 0.457. The maximum Gasteiger partial charge on any atom is 0.253 e. The number of nitrogens with zero attached hydrogens (tertiary/aromatic N) is 3. The van der Waals surface area contributed by atoms with Gasteiger partial charge in [-0.3, -0.25) is 4.79 Å². The first-order valence-electron chi connectivity index (χ1n) is 10.7. The molecule has 3 aromatic rings. The number of halogens is 2. The Labute approximate surface area is 214 Å². The Kier molecular flexibility index (Phi) is 7.33. The summed E-state index contributed by atoms with van der Waals surface area (Å²) in [4.78, 5) is 14.3. The Morgan fingerprint density at radius 2 is 1.71 bits per heavy atom. The van der Waals surface area contributed by atoms with E-state index in [-0.39, 0.29) is 48.3 Å². The fraction of sp³-hybridized carbons (Fsp3) is 0.200. The summed E-state index contributed by atoms with van der Waals surface area (Å²) in [6.45, 7) is 2.47. The zero-order valence-electron chi connectivity index (χ0n) is 18.7. The smallest absolute Gasteiger partial charge is 0.253 e. The van der Waals surface area contributed by atoms with E-state index < -0.39 is 10.0 Å². The minimum Gasteiger partial charge on any atom is -0.456 e. The molecule has 0 N–H and O–H groups in total. The average Bonchev–Trinajstić information content (AvgIpc) is 2.83. The minimum atomic E-state index is -4.02. The van der Waals surface area contributed by atoms with Crippen LogP contribution in [0.2, 0.25) is 10.0 Å². The van der Waals surface area contributed by atoms with Gasteiger partial charge in [-0.15, -0.1) is 0 Å². The predicted molar refractivity (Wildman–Crippen MR) is 134 cm³/mol. The molecule has 0 radical (unpaired) electrons. The van der Waals surface area contributed by atoms with Gasteiger partial charge >= 0.3 is 0 Å². The van der Waals surface area contributed by atoms with Crippen LogP contribution in [0.4, 0.5) is 0 Å². The average molecular weight is 530 g/mol. The van der Waals surface area contributed by atoms with E-state index in [2.05, 4.69) is 0 Å². The molecule has 1 aliphatic heterocycles. The van der Waals surface area contributed by atoms with E-state index in [4.69, 9.17) is 27.9 Å². The first-order chi connectivity index (χ1) is 16.7. The van der Waals surface area contributed by atoms with Crippen LogP contribution in [0.3, 0.4) is 0 Å². The minimum absolute atomic E-state index is 0.0862. The van der Waals surface area contributed by atoms with Crippen LogP contribution >= 0.6 is 23.2 Å². The molecule has 4 rings (SSSR count). The number of benzene rings is 3. The molecule has 0 spiro atoms. The zero-order valence-corrected chi connectivity index (χ0v) is 21.1. The van der Waals surface area contributed by atoms with Gasteiger partial charge < -0.3 is 9.64 Å². The van der Waals surface area contributed by atoms with Crippen molar-refractivity contribution in [1.82, 2.24) is 9.21 Å². The lowest BCUT2D eigenvalue weighted by molar-refractivity contribution is 0.0698. The molecule has 7 nitrogen and oxygen atoms in total. The highest BCUT2D eigenvalue weighted by Crippen LogP contribution is 2.33. The van der Waals surface area contributed by atoms with Crippen LogP contribution in [0.5, 0.6) is 11.5 Å². The van der Waals surface area contributed by atoms with Gasteiger partial charge in [-0.05, 0) is 67.1 Å². The SMILES string of the molecule is Cc1cc(Cl)cc(Oc2ccc(C#N)cc2S(=O)(=O)N2CCN(C(=O)c3cccc(Cl)c3)CC2)c1. The van der Waals surface area contributed by atoms with Crippen molar-refractivity contribution >= 4 is 39.1 Å². The summed E-state index contributed by atoms with van der Waals surface area (Å²) in [6, 6.07) is 17.9. The van der Waals surface area contributed by atoms with Crippen molar-refractivity contribution in [2.24, 2.45) is 0 Å². The first kappa shape index (κ1) is 25.0. The second-order valence-electron chi connectivity index (χ2n) is 8.05. The summed E-state index contributed by atoms with van der Waals surface area (Å²) in [5.74, 6) is 0.257. The third-order valence-electron chi connectivity index (χ3n) is 5.53. The van der Waals surface area contributed by atoms with Gasteiger partial charge in [0.2, 0.25) is 10.0 Å². The number of carbonyl (C=O) groups is 1. The molecular weight excluding hydrogens is 509 g/mol. The van der Waals surface area contributed by atoms with Crippen LogP contribution in [0, 0.1) is 18.3 Å². The van der Waals surface area contributed by atoms with Gasteiger partial charge in [0.25, 0.3) is 5.91 Å². The molecule has 1 amide bonds. The molecule has 1 fully saturated rings. The third kappa shape index (κ3) is 5.60. The number of aryl methyl sites for hydroxylation is 1. The first-order valence-corrected chi connectivity index (χ1v) is 12.9. The van der Waals surface area contributed by atoms with E-state index in [1.54, 1.807) is 47.4 Å². The number of sulfonamides is 1. The standard InChI is InChI=1S/C25H21Cl2N3O4S/c1-17-11-21(27)15-22(12-17)34-23-6-5-18(16-28)13-24(23)35(32,33)30-9-7-29(8-10-30)25(31)19-3-2-4-20(26)14-19/h2-6,11-15H,7-10H2,1H3. The number of amides is 1. The monoisotopic (exact) mass is 529 g/mol. The van der Waals surface area contributed by atoms with Crippen molar-refractivity contribution in [2.75, 3.05) is 26.2 Å². The van der Waals surface area contributed by atoms with Gasteiger partial charge in [-0.25, -0.2) is 8.42 Å². The lowest BCUT2D eigenvalue weighted by Crippen LogP contribution is -2.50. The molecule has 10 heteroatoms. The molecule has 0 bridgehead atoms. The number of ether oxygens (including phenoxy) is 1. The summed E-state index contributed by atoms with van der Waals surface area (Å²) in [6.07, 6.45) is 0. The number of hydrogen-bond donors (Lipinski definition) is 0. The van der Waals surface area contributed by atoms with E-state index in [1.807, 2.05) is 13.0 Å². The Morgan fingerprint density at radius 3 is 2.37 bits per heavy atom. The molecule has 0 unspecified atom stereocenters. The number of rotatable bonds is 5. The van der Waals surface area contributed by atoms with Crippen molar-refractivity contribution < 1.29 is 17.9 Å². The van der Waals surface area contributed by atoms with E-state index >= 15 is 0 Å². The van der Waals surface area contributed by atoms with Gasteiger partial charge in [-0.1, -0.05) is 29.3 Å². The van der Waals surface area contributed by atoms with E-state index in [9.17, 15) is 18.5 Å². The third-order valence-corrected chi connectivity index (χ3v) is 7.90. The van der Waals surface area contributed by atoms with Crippen LogP contribution < -0.4 is 4.74 Å². The largest absolute Gasteiger partial charge is 0.456 e. The summed E-state index contributed by atoms with van der Waals surface area (Å²) >= 11 is 12.1. The molecule has 0 atom stereocenters. The second kappa shape index (κ2) is 10.3. The van der Waals surface area contributed by atoms with Gasteiger partial charge in [0.15, 0.2) is 0 Å². The summed E-state index contributed by atoms with van der Waals surface area (Å²) in [5.41, 5.74) is 1.49. The van der Waals surface area contributed by atoms with Gasteiger partial charge in [0, 0.05) is 41.8 Å². The lowest BCUT2D eigenvalue weighted by atomic mass is 10.2. The summed E-state index contributed by atoms with van der Waals surface area (Å²) < 4.78 is 34.4. The van der Waals surface area contributed by atoms with Crippen LogP contribution in [0.1, 0.15) is 21.5 Å². The van der Waals surface area contributed by atoms with Crippen molar-refractivity contribution in [3.05, 3.63) is 87.4 Å². The van der Waals surface area contributed by atoms with Crippen LogP contribution in [0.25, 0.3) is 0 Å². The number of carbonyl (C=O) groups excluding carboxylic acids is 1. The van der Waals surface area contributed by atoms with Gasteiger partial charge in [0.1, 0.15) is 16.4 Å². The van der Waals surface area contributed by atoms with Gasteiger partial charge in [0.05, 0.1) is 11.6 Å². The van der Waals surface area contributed by atoms with Crippen molar-refractivity contribution in [3.63, 3.8) is 0 Å². The topological polar surface area (TPSA) is 90.7 Å². The predicted octanol–water partition coefficient (Wildman–Crippen LogP) is 5.11. The molecule has 0 aliphatic carbocycles. The number of piperazine rings is 1. The molecule has 0 saturated carbocycles. The molecule has 1 aliphatic rings. The van der Waals surface area contributed by atoms with E-state index in [1.165, 1.54) is 22.5 Å². The Bertz CT molecular complexity index is 1410.